The van der Waals surface area contributed by atoms with Crippen LogP contribution in [0.25, 0.3) is 45.2 Å². The fraction of sp³-hybridized carbons (Fsp3) is 0.231. The third kappa shape index (κ3) is 2.94. The standard InChI is InChI=1S/C26H14N4S4/c1-30-16(13-29)9-17-10-19-21(31-17)23-25(33-19)24-22(34-23)20-18(32-24)8-15(7-14(11-27)12-28)26(20)5-3-2-4-6-26/h7-10H,2-6H2/b16-9-. The number of hydrogen-bond donors (Lipinski definition) is 0. The SMILES string of the molecule is [C-]#[N+]/C(C#N)=C\c1cc2sc3c4sc5c(c4sc3c2s1)C1(CCCCC1)C(C=C(C#N)C#N)=C5. The Morgan fingerprint density at radius 2 is 1.62 bits per heavy atom. The third-order valence-electron chi connectivity index (χ3n) is 6.72. The predicted octanol–water partition coefficient (Wildman–Crippen LogP) is 8.75. The van der Waals surface area contributed by atoms with Crippen LogP contribution < -0.4 is 0 Å². The molecule has 4 nitrogen and oxygen atoms in total. The minimum absolute atomic E-state index is 0.0997. The van der Waals surface area contributed by atoms with Crippen molar-refractivity contribution in [2.75, 3.05) is 0 Å². The zero-order valence-corrected chi connectivity index (χ0v) is 21.0. The summed E-state index contributed by atoms with van der Waals surface area (Å²) in [7, 11) is 0. The molecule has 34 heavy (non-hydrogen) atoms. The van der Waals surface area contributed by atoms with E-state index in [0.717, 1.165) is 36.1 Å². The summed E-state index contributed by atoms with van der Waals surface area (Å²) in [6.07, 6.45) is 11.4. The quantitative estimate of drug-likeness (QED) is 0.200. The first-order chi connectivity index (χ1) is 16.6. The Morgan fingerprint density at radius 3 is 2.32 bits per heavy atom. The highest BCUT2D eigenvalue weighted by Crippen LogP contribution is 2.60. The molecule has 0 saturated heterocycles. The Morgan fingerprint density at radius 1 is 0.882 bits per heavy atom. The lowest BCUT2D eigenvalue weighted by Crippen LogP contribution is -2.28. The van der Waals surface area contributed by atoms with Crippen LogP contribution in [0, 0.1) is 40.6 Å². The maximum absolute atomic E-state index is 9.37. The van der Waals surface area contributed by atoms with Crippen LogP contribution in [0.4, 0.5) is 0 Å². The van der Waals surface area contributed by atoms with Crippen molar-refractivity contribution in [3.05, 3.63) is 55.7 Å². The molecule has 0 N–H and O–H groups in total. The molecule has 2 aliphatic rings. The van der Waals surface area contributed by atoms with Gasteiger partial charge in [0.2, 0.25) is 0 Å². The first kappa shape index (κ1) is 21.3. The summed E-state index contributed by atoms with van der Waals surface area (Å²) in [6.45, 7) is 7.14. The van der Waals surface area contributed by atoms with Gasteiger partial charge in [-0.3, -0.25) is 0 Å². The van der Waals surface area contributed by atoms with Crippen molar-refractivity contribution in [1.29, 1.82) is 15.8 Å². The number of fused-ring (bicyclic) bond motifs is 8. The molecule has 4 aromatic heterocycles. The molecule has 2 aliphatic carbocycles. The second-order valence-electron chi connectivity index (χ2n) is 8.48. The van der Waals surface area contributed by atoms with Crippen LogP contribution in [0.2, 0.25) is 0 Å². The van der Waals surface area contributed by atoms with E-state index in [4.69, 9.17) is 11.8 Å². The molecule has 162 valence electrons. The Labute approximate surface area is 212 Å². The van der Waals surface area contributed by atoms with Gasteiger partial charge >= 0.3 is 0 Å². The molecule has 0 atom stereocenters. The number of rotatable bonds is 2. The summed E-state index contributed by atoms with van der Waals surface area (Å²) in [5.74, 6) is 0. The number of thiophene rings is 4. The van der Waals surface area contributed by atoms with Gasteiger partial charge in [-0.25, -0.2) is 10.1 Å². The smallest absolute Gasteiger partial charge is 0.227 e. The van der Waals surface area contributed by atoms with Crippen LogP contribution in [0.1, 0.15) is 47.4 Å². The van der Waals surface area contributed by atoms with Gasteiger partial charge in [-0.15, -0.1) is 45.3 Å². The summed E-state index contributed by atoms with van der Waals surface area (Å²) in [5.41, 5.74) is 2.72. The highest BCUT2D eigenvalue weighted by atomic mass is 32.1. The van der Waals surface area contributed by atoms with Gasteiger partial charge < -0.3 is 0 Å². The van der Waals surface area contributed by atoms with E-state index in [1.54, 1.807) is 28.7 Å². The lowest BCUT2D eigenvalue weighted by atomic mass is 9.67. The summed E-state index contributed by atoms with van der Waals surface area (Å²) in [5, 5.41) is 27.8. The minimum Gasteiger partial charge on any atom is -0.227 e. The van der Waals surface area contributed by atoms with Gasteiger partial charge in [-0.2, -0.15) is 10.5 Å². The molecule has 8 heteroatoms. The van der Waals surface area contributed by atoms with E-state index in [2.05, 4.69) is 17.0 Å². The van der Waals surface area contributed by atoms with Crippen molar-refractivity contribution < 1.29 is 0 Å². The highest BCUT2D eigenvalue weighted by Gasteiger charge is 2.44. The molecule has 0 amide bonds. The summed E-state index contributed by atoms with van der Waals surface area (Å²) < 4.78 is 7.75. The fourth-order valence-electron chi connectivity index (χ4n) is 5.30. The second kappa shape index (κ2) is 7.92. The van der Waals surface area contributed by atoms with E-state index in [-0.39, 0.29) is 16.7 Å². The first-order valence-electron chi connectivity index (χ1n) is 10.8. The number of hydrogen-bond acceptors (Lipinski definition) is 7. The number of nitriles is 3. The van der Waals surface area contributed by atoms with Gasteiger partial charge in [-0.1, -0.05) is 19.3 Å². The molecule has 4 heterocycles. The lowest BCUT2D eigenvalue weighted by Gasteiger charge is -2.36. The maximum atomic E-state index is 9.37. The zero-order valence-electron chi connectivity index (χ0n) is 17.8. The van der Waals surface area contributed by atoms with Crippen LogP contribution in [-0.4, -0.2) is 0 Å². The van der Waals surface area contributed by atoms with Crippen LogP contribution in [-0.2, 0) is 5.41 Å². The molecule has 4 aromatic rings. The Bertz CT molecular complexity index is 1750. The van der Waals surface area contributed by atoms with Crippen molar-refractivity contribution in [2.24, 2.45) is 0 Å². The lowest BCUT2D eigenvalue weighted by molar-refractivity contribution is 0.353. The van der Waals surface area contributed by atoms with Crippen LogP contribution in [0.5, 0.6) is 0 Å². The Hall–Kier alpha value is -3.24. The van der Waals surface area contributed by atoms with Gasteiger partial charge in [0, 0.05) is 19.9 Å². The molecule has 0 aromatic carbocycles. The average molecular weight is 511 g/mol. The molecule has 0 radical (unpaired) electrons. The van der Waals surface area contributed by atoms with Crippen molar-refractivity contribution >= 4 is 85.7 Å². The van der Waals surface area contributed by atoms with Gasteiger partial charge in [0.1, 0.15) is 17.7 Å². The molecule has 1 spiro atoms. The second-order valence-corrected chi connectivity index (χ2v) is 12.7. The van der Waals surface area contributed by atoms with Crippen LogP contribution >= 0.6 is 45.3 Å². The average Bonchev–Trinajstić information content (AvgIpc) is 3.62. The first-order valence-corrected chi connectivity index (χ1v) is 14.0. The van der Waals surface area contributed by atoms with E-state index < -0.39 is 0 Å². The van der Waals surface area contributed by atoms with E-state index >= 15 is 0 Å². The summed E-state index contributed by atoms with van der Waals surface area (Å²) in [4.78, 5) is 5.51. The normalized spacial score (nSPS) is 16.7. The van der Waals surface area contributed by atoms with E-state index in [1.807, 2.05) is 47.0 Å². The van der Waals surface area contributed by atoms with Gasteiger partial charge in [-0.05, 0) is 48.3 Å². The highest BCUT2D eigenvalue weighted by molar-refractivity contribution is 7.44. The Balaban J connectivity index is 1.55. The number of nitrogens with zero attached hydrogens (tertiary/aromatic N) is 4. The molecule has 1 fully saturated rings. The van der Waals surface area contributed by atoms with Crippen molar-refractivity contribution in [3.63, 3.8) is 0 Å². The fourth-order valence-corrected chi connectivity index (χ4v) is 11.3. The van der Waals surface area contributed by atoms with Crippen molar-refractivity contribution in [3.8, 4) is 18.2 Å². The molecular formula is C26H14N4S4. The number of allylic oxidation sites excluding steroid dienone is 4. The third-order valence-corrected chi connectivity index (χ3v) is 12.0. The van der Waals surface area contributed by atoms with Crippen LogP contribution in [0.15, 0.2) is 29.0 Å². The van der Waals surface area contributed by atoms with Crippen LogP contribution in [0.3, 0.4) is 0 Å². The summed E-state index contributed by atoms with van der Waals surface area (Å²) in [6, 6.07) is 8.12. The maximum Gasteiger partial charge on any atom is 0.263 e. The van der Waals surface area contributed by atoms with E-state index in [1.165, 1.54) is 45.1 Å². The predicted molar refractivity (Wildman–Crippen MR) is 143 cm³/mol. The van der Waals surface area contributed by atoms with E-state index in [9.17, 15) is 10.5 Å². The molecule has 0 bridgehead atoms. The van der Waals surface area contributed by atoms with Crippen molar-refractivity contribution in [1.82, 2.24) is 0 Å². The molecular weight excluding hydrogens is 497 g/mol. The van der Waals surface area contributed by atoms with Gasteiger partial charge in [0.05, 0.1) is 36.1 Å². The van der Waals surface area contributed by atoms with Gasteiger partial charge in [0.25, 0.3) is 5.70 Å². The summed E-state index contributed by atoms with van der Waals surface area (Å²) >= 11 is 7.13. The molecule has 1 saturated carbocycles. The minimum atomic E-state index is -0.0997. The van der Waals surface area contributed by atoms with E-state index in [0.29, 0.717) is 0 Å². The van der Waals surface area contributed by atoms with Crippen molar-refractivity contribution in [2.45, 2.75) is 37.5 Å². The topological polar surface area (TPSA) is 75.7 Å². The molecule has 0 unspecified atom stereocenters. The Kier molecular flexibility index (Phi) is 4.96. The zero-order chi connectivity index (χ0) is 23.4. The molecule has 6 rings (SSSR count). The molecule has 0 aliphatic heterocycles. The largest absolute Gasteiger partial charge is 0.263 e. The monoisotopic (exact) mass is 510 g/mol. The van der Waals surface area contributed by atoms with Gasteiger partial charge in [0.15, 0.2) is 0 Å².